The molecule has 1 aromatic rings. The van der Waals surface area contributed by atoms with Crippen LogP contribution >= 0.6 is 0 Å². The molecular formula is C7H9O3Re-. The number of rotatable bonds is 2. The van der Waals surface area contributed by atoms with Crippen molar-refractivity contribution in [1.29, 1.82) is 0 Å². The Balaban J connectivity index is 0.000001000. The Bertz CT molecular complexity index is 248. The van der Waals surface area contributed by atoms with Gasteiger partial charge in [-0.15, -0.1) is 0 Å². The summed E-state index contributed by atoms with van der Waals surface area (Å²) >= 11 is 0. The van der Waals surface area contributed by atoms with Gasteiger partial charge in [0.05, 0.1) is 0 Å². The maximum atomic E-state index is 10.3. The van der Waals surface area contributed by atoms with Gasteiger partial charge < -0.3 is 13.6 Å². The molecule has 0 N–H and O–H groups in total. The van der Waals surface area contributed by atoms with Gasteiger partial charge in [-0.05, 0) is 18.6 Å². The van der Waals surface area contributed by atoms with Gasteiger partial charge in [0.1, 0.15) is 0 Å². The van der Waals surface area contributed by atoms with Crippen molar-refractivity contribution in [2.24, 2.45) is 5.92 Å². The first-order valence-electron chi connectivity index (χ1n) is 3.19. The summed E-state index contributed by atoms with van der Waals surface area (Å²) in [6.07, 6.45) is 3.08. The van der Waals surface area contributed by atoms with E-state index in [2.05, 4.69) is 15.1 Å². The average molecular weight is 327 g/mol. The van der Waals surface area contributed by atoms with E-state index >= 15 is 0 Å². The zero-order chi connectivity index (χ0) is 7.56. The molecule has 11 heavy (non-hydrogen) atoms. The van der Waals surface area contributed by atoms with E-state index in [0.717, 1.165) is 0 Å². The van der Waals surface area contributed by atoms with Crippen molar-refractivity contribution in [3.05, 3.63) is 22.6 Å². The van der Waals surface area contributed by atoms with Gasteiger partial charge in [-0.1, -0.05) is 13.8 Å². The standard InChI is InChI=1S/C7H9O3.Re/c1-5(2)3-6-4-9-7(8)10-6;/h5H,3H2,1-2H3;/q-1;. The van der Waals surface area contributed by atoms with Crippen molar-refractivity contribution < 1.29 is 29.3 Å². The van der Waals surface area contributed by atoms with Gasteiger partial charge in [0.2, 0.25) is 0 Å². The fraction of sp³-hybridized carbons (Fsp3) is 0.571. The predicted molar refractivity (Wildman–Crippen MR) is 34.6 cm³/mol. The van der Waals surface area contributed by atoms with Gasteiger partial charge in [-0.3, -0.25) is 0 Å². The summed E-state index contributed by atoms with van der Waals surface area (Å²) in [7, 11) is 0. The van der Waals surface area contributed by atoms with Crippen molar-refractivity contribution in [3.8, 4) is 0 Å². The van der Waals surface area contributed by atoms with Crippen LogP contribution in [0, 0.1) is 12.2 Å². The van der Waals surface area contributed by atoms with Gasteiger partial charge in [0, 0.05) is 26.2 Å². The molecule has 1 aromatic heterocycles. The molecule has 0 bridgehead atoms. The maximum absolute atomic E-state index is 10.3. The molecule has 0 amide bonds. The van der Waals surface area contributed by atoms with Crippen LogP contribution in [0.25, 0.3) is 0 Å². The Morgan fingerprint density at radius 3 is 2.55 bits per heavy atom. The first-order valence-corrected chi connectivity index (χ1v) is 3.19. The summed E-state index contributed by atoms with van der Waals surface area (Å²) in [6.45, 7) is 4.06. The zero-order valence-corrected chi connectivity index (χ0v) is 9.10. The van der Waals surface area contributed by atoms with Crippen LogP contribution in [-0.2, 0) is 26.8 Å². The molecule has 0 unspecified atom stereocenters. The van der Waals surface area contributed by atoms with Gasteiger partial charge >= 0.3 is 5.82 Å². The molecule has 1 radical (unpaired) electrons. The minimum absolute atomic E-state index is 0. The Kier molecular flexibility index (Phi) is 4.39. The van der Waals surface area contributed by atoms with Crippen LogP contribution in [0.4, 0.5) is 0 Å². The SMILES string of the molecule is CC(C)Cc1[c-]oc(=O)o1.[Re]. The van der Waals surface area contributed by atoms with Gasteiger partial charge in [-0.25, -0.2) is 0 Å². The molecule has 0 spiro atoms. The van der Waals surface area contributed by atoms with Crippen LogP contribution in [0.3, 0.4) is 0 Å². The molecule has 0 fully saturated rings. The minimum Gasteiger partial charge on any atom is -0.585 e. The van der Waals surface area contributed by atoms with E-state index < -0.39 is 5.82 Å². The fourth-order valence-electron chi connectivity index (χ4n) is 0.695. The van der Waals surface area contributed by atoms with Gasteiger partial charge in [0.15, 0.2) is 0 Å². The number of hydrogen-bond donors (Lipinski definition) is 0. The van der Waals surface area contributed by atoms with E-state index in [1.54, 1.807) is 0 Å². The monoisotopic (exact) mass is 328 g/mol. The normalized spacial score (nSPS) is 9.73. The molecule has 63 valence electrons. The van der Waals surface area contributed by atoms with Crippen LogP contribution in [0.15, 0.2) is 13.6 Å². The minimum atomic E-state index is -0.671. The fourth-order valence-corrected chi connectivity index (χ4v) is 0.695. The first kappa shape index (κ1) is 10.7. The molecule has 1 rings (SSSR count). The third-order valence-electron chi connectivity index (χ3n) is 1.05. The maximum Gasteiger partial charge on any atom is 0.345 e. The second-order valence-corrected chi connectivity index (χ2v) is 2.58. The third-order valence-corrected chi connectivity index (χ3v) is 1.05. The van der Waals surface area contributed by atoms with Crippen molar-refractivity contribution in [2.75, 3.05) is 0 Å². The second kappa shape index (κ2) is 4.53. The summed E-state index contributed by atoms with van der Waals surface area (Å²) in [6, 6.07) is 0. The Morgan fingerprint density at radius 1 is 1.55 bits per heavy atom. The van der Waals surface area contributed by atoms with Crippen LogP contribution in [0.1, 0.15) is 19.6 Å². The van der Waals surface area contributed by atoms with Crippen molar-refractivity contribution in [3.63, 3.8) is 0 Å². The predicted octanol–water partition coefficient (Wildman–Crippen LogP) is 1.23. The van der Waals surface area contributed by atoms with Gasteiger partial charge in [0.25, 0.3) is 0 Å². The molecule has 0 aliphatic rings. The molecule has 4 heteroatoms. The zero-order valence-electron chi connectivity index (χ0n) is 6.39. The van der Waals surface area contributed by atoms with Crippen LogP contribution in [0.2, 0.25) is 0 Å². The van der Waals surface area contributed by atoms with E-state index in [1.807, 2.05) is 13.8 Å². The largest absolute Gasteiger partial charge is 0.585 e. The molecule has 0 saturated carbocycles. The summed E-state index contributed by atoms with van der Waals surface area (Å²) in [4.78, 5) is 10.3. The molecule has 0 aliphatic heterocycles. The Hall–Kier alpha value is -0.328. The summed E-state index contributed by atoms with van der Waals surface area (Å²) in [5.74, 6) is 0.285. The first-order chi connectivity index (χ1) is 4.68. The molecule has 0 aliphatic carbocycles. The summed E-state index contributed by atoms with van der Waals surface area (Å²) in [5.41, 5.74) is 0. The third kappa shape index (κ3) is 3.55. The van der Waals surface area contributed by atoms with Crippen molar-refractivity contribution in [1.82, 2.24) is 0 Å². The summed E-state index contributed by atoms with van der Waals surface area (Å²) < 4.78 is 8.93. The van der Waals surface area contributed by atoms with E-state index in [-0.39, 0.29) is 20.4 Å². The molecule has 3 nitrogen and oxygen atoms in total. The second-order valence-electron chi connectivity index (χ2n) is 2.58. The molecule has 1 heterocycles. The number of hydrogen-bond acceptors (Lipinski definition) is 3. The summed E-state index contributed by atoms with van der Waals surface area (Å²) in [5, 5.41) is 0. The van der Waals surface area contributed by atoms with Crippen LogP contribution < -0.4 is 5.82 Å². The molecule has 0 aromatic carbocycles. The Labute approximate surface area is 78.4 Å². The van der Waals surface area contributed by atoms with E-state index in [4.69, 9.17) is 0 Å². The Morgan fingerprint density at radius 2 is 2.18 bits per heavy atom. The van der Waals surface area contributed by atoms with Crippen LogP contribution in [-0.4, -0.2) is 0 Å². The van der Waals surface area contributed by atoms with Crippen molar-refractivity contribution in [2.45, 2.75) is 20.3 Å². The smallest absolute Gasteiger partial charge is 0.345 e. The van der Waals surface area contributed by atoms with E-state index in [1.165, 1.54) is 0 Å². The quantitative estimate of drug-likeness (QED) is 0.768. The molecular weight excluding hydrogens is 318 g/mol. The topological polar surface area (TPSA) is 43.4 Å². The van der Waals surface area contributed by atoms with Crippen LogP contribution in [0.5, 0.6) is 0 Å². The average Bonchev–Trinajstić information content (AvgIpc) is 2.13. The molecule has 0 saturated heterocycles. The van der Waals surface area contributed by atoms with E-state index in [9.17, 15) is 4.79 Å². The van der Waals surface area contributed by atoms with E-state index in [0.29, 0.717) is 18.1 Å². The van der Waals surface area contributed by atoms with Gasteiger partial charge in [-0.2, -0.15) is 0 Å². The van der Waals surface area contributed by atoms with Crippen molar-refractivity contribution >= 4 is 0 Å². The molecule has 0 atom stereocenters.